The fourth-order valence-corrected chi connectivity index (χ4v) is 2.60. The van der Waals surface area contributed by atoms with Crippen molar-refractivity contribution in [3.8, 4) is 0 Å². The number of aryl methyl sites for hydroxylation is 2. The van der Waals surface area contributed by atoms with Gasteiger partial charge in [-0.2, -0.15) is 0 Å². The molecule has 0 bridgehead atoms. The summed E-state index contributed by atoms with van der Waals surface area (Å²) in [5, 5.41) is 2.30. The van der Waals surface area contributed by atoms with Gasteiger partial charge in [0.1, 0.15) is 4.83 Å². The number of hydrogen-bond acceptors (Lipinski definition) is 2. The molecule has 0 fully saturated rings. The molecule has 0 aliphatic heterocycles. The van der Waals surface area contributed by atoms with E-state index in [-0.39, 0.29) is 5.34 Å². The van der Waals surface area contributed by atoms with Crippen LogP contribution in [0.3, 0.4) is 0 Å². The van der Waals surface area contributed by atoms with E-state index in [4.69, 9.17) is 13.6 Å². The minimum absolute atomic E-state index is 0.221. The van der Waals surface area contributed by atoms with Crippen LogP contribution in [-0.4, -0.2) is 9.74 Å². The summed E-state index contributed by atoms with van der Waals surface area (Å²) in [5.41, 5.74) is 3.11. The Bertz CT molecular complexity index is 481. The Morgan fingerprint density at radius 2 is 2.42 bits per heavy atom. The van der Waals surface area contributed by atoms with Gasteiger partial charge < -0.3 is 4.40 Å². The number of thiocarbonyl (C=S) groups is 1. The molecule has 0 unspecified atom stereocenters. The maximum absolute atomic E-state index is 7.51. The molecule has 12 heavy (non-hydrogen) atoms. The molecule has 0 atom stereocenters. The lowest BCUT2D eigenvalue weighted by Crippen LogP contribution is -1.91. The first-order valence-electron chi connectivity index (χ1n) is 4.18. The highest BCUT2D eigenvalue weighted by atomic mass is 32.1. The Balaban J connectivity index is 2.90. The zero-order chi connectivity index (χ0) is 9.59. The summed E-state index contributed by atoms with van der Waals surface area (Å²) < 4.78 is 9.56. The second-order valence-electron chi connectivity index (χ2n) is 2.83. The Kier molecular flexibility index (Phi) is 1.52. The van der Waals surface area contributed by atoms with Crippen molar-refractivity contribution in [1.82, 2.24) is 4.40 Å². The number of aromatic nitrogens is 1. The molecular weight excluding hydrogens is 186 g/mol. The Morgan fingerprint density at radius 1 is 1.67 bits per heavy atom. The van der Waals surface area contributed by atoms with E-state index in [1.54, 1.807) is 11.3 Å². The van der Waals surface area contributed by atoms with Gasteiger partial charge in [-0.25, -0.2) is 0 Å². The number of nitrogens with zero attached hydrogens (tertiary/aromatic N) is 1. The molecule has 0 saturated heterocycles. The quantitative estimate of drug-likeness (QED) is 0.634. The normalized spacial score (nSPS) is 12.0. The van der Waals surface area contributed by atoms with Gasteiger partial charge in [0.05, 0.1) is 7.06 Å². The van der Waals surface area contributed by atoms with E-state index in [1.165, 1.54) is 4.83 Å². The summed E-state index contributed by atoms with van der Waals surface area (Å²) in [4.78, 5) is 1.17. The average molecular weight is 196 g/mol. The van der Waals surface area contributed by atoms with Gasteiger partial charge in [0.2, 0.25) is 0 Å². The summed E-state index contributed by atoms with van der Waals surface area (Å²) in [6.45, 7) is 4.03. The van der Waals surface area contributed by atoms with E-state index in [9.17, 15) is 0 Å². The number of thiazole rings is 1. The van der Waals surface area contributed by atoms with Crippen LogP contribution in [0.15, 0.2) is 11.4 Å². The molecule has 0 spiro atoms. The maximum atomic E-state index is 7.51. The van der Waals surface area contributed by atoms with Crippen LogP contribution >= 0.6 is 23.6 Å². The summed E-state index contributed by atoms with van der Waals surface area (Å²) in [5.74, 6) is 0. The first-order chi connectivity index (χ1) is 6.11. The van der Waals surface area contributed by atoms with Crippen LogP contribution in [0.4, 0.5) is 0 Å². The predicted molar refractivity (Wildman–Crippen MR) is 57.5 cm³/mol. The number of hydrogen-bond donors (Lipinski definition) is 0. The largest absolute Gasteiger partial charge is 0.304 e. The lowest BCUT2D eigenvalue weighted by molar-refractivity contribution is 1.12. The molecule has 1 nitrogen and oxygen atoms in total. The van der Waals surface area contributed by atoms with E-state index >= 15 is 0 Å². The van der Waals surface area contributed by atoms with Crippen LogP contribution in [0.2, 0.25) is 0 Å². The monoisotopic (exact) mass is 196 g/mol. The van der Waals surface area contributed by atoms with Crippen molar-refractivity contribution in [2.24, 2.45) is 0 Å². The van der Waals surface area contributed by atoms with Crippen molar-refractivity contribution in [2.75, 3.05) is 0 Å². The molecule has 0 N–H and O–H groups in total. The van der Waals surface area contributed by atoms with Crippen LogP contribution < -0.4 is 0 Å². The van der Waals surface area contributed by atoms with E-state index in [0.717, 1.165) is 17.0 Å². The van der Waals surface area contributed by atoms with Crippen molar-refractivity contribution in [2.45, 2.75) is 13.8 Å². The van der Waals surface area contributed by atoms with Gasteiger partial charge in [0, 0.05) is 16.4 Å². The lowest BCUT2D eigenvalue weighted by Gasteiger charge is -1.94. The van der Waals surface area contributed by atoms with Gasteiger partial charge in [0.15, 0.2) is 0 Å². The third-order valence-corrected chi connectivity index (χ3v) is 3.15. The second kappa shape index (κ2) is 2.68. The topological polar surface area (TPSA) is 4.41 Å². The fraction of sp³-hybridized carbons (Fsp3) is 0.222. The smallest absolute Gasteiger partial charge is 0.100 e. The molecule has 2 aromatic heterocycles. The average Bonchev–Trinajstić information content (AvgIpc) is 2.51. The maximum Gasteiger partial charge on any atom is 0.100 e. The minimum atomic E-state index is 0.221. The molecule has 0 amide bonds. The molecule has 0 radical (unpaired) electrons. The lowest BCUT2D eigenvalue weighted by atomic mass is 10.3. The van der Waals surface area contributed by atoms with Gasteiger partial charge >= 0.3 is 0 Å². The third-order valence-electron chi connectivity index (χ3n) is 1.96. The van der Waals surface area contributed by atoms with Crippen LogP contribution in [0.25, 0.3) is 4.83 Å². The Hall–Kier alpha value is -0.670. The summed E-state index contributed by atoms with van der Waals surface area (Å²) in [7, 11) is 0. The zero-order valence-electron chi connectivity index (χ0n) is 7.92. The first kappa shape index (κ1) is 6.80. The van der Waals surface area contributed by atoms with Gasteiger partial charge in [-0.05, 0) is 25.5 Å². The minimum Gasteiger partial charge on any atom is -0.304 e. The Labute approximate surface area is 82.0 Å². The van der Waals surface area contributed by atoms with Gasteiger partial charge in [0.25, 0.3) is 0 Å². The number of fused-ring (bicyclic) bond motifs is 1. The van der Waals surface area contributed by atoms with E-state index in [2.05, 4.69) is 15.8 Å². The SMILES string of the molecule is [2H]C(=S)c1c(C)cc2scc(C)n12. The highest BCUT2D eigenvalue weighted by Crippen LogP contribution is 2.22. The Morgan fingerprint density at radius 3 is 3.08 bits per heavy atom. The molecule has 2 rings (SSSR count). The van der Waals surface area contributed by atoms with Crippen molar-refractivity contribution >= 4 is 33.7 Å². The van der Waals surface area contributed by atoms with Crippen LogP contribution in [0, 0.1) is 13.8 Å². The first-order valence-corrected chi connectivity index (χ1v) is 4.97. The van der Waals surface area contributed by atoms with E-state index in [1.807, 2.05) is 13.8 Å². The summed E-state index contributed by atoms with van der Waals surface area (Å²) >= 11 is 6.59. The highest BCUT2D eigenvalue weighted by molar-refractivity contribution is 7.79. The van der Waals surface area contributed by atoms with Crippen molar-refractivity contribution in [1.29, 1.82) is 0 Å². The van der Waals surface area contributed by atoms with Gasteiger partial charge in [-0.3, -0.25) is 0 Å². The molecule has 0 aliphatic carbocycles. The number of rotatable bonds is 1. The van der Waals surface area contributed by atoms with E-state index < -0.39 is 0 Å². The summed E-state index contributed by atoms with van der Waals surface area (Å²) in [6, 6.07) is 2.08. The van der Waals surface area contributed by atoms with Crippen molar-refractivity contribution in [3.63, 3.8) is 0 Å². The predicted octanol–water partition coefficient (Wildman–Crippen LogP) is 2.97. The molecule has 0 saturated carbocycles. The van der Waals surface area contributed by atoms with Crippen molar-refractivity contribution in [3.05, 3.63) is 28.4 Å². The van der Waals surface area contributed by atoms with Crippen LogP contribution in [0.1, 0.15) is 18.3 Å². The fourth-order valence-electron chi connectivity index (χ4n) is 1.37. The molecular formula is C9H9NS2. The van der Waals surface area contributed by atoms with Gasteiger partial charge in [-0.1, -0.05) is 12.2 Å². The van der Waals surface area contributed by atoms with Crippen molar-refractivity contribution < 1.29 is 1.37 Å². The molecule has 2 aromatic rings. The molecule has 0 aromatic carbocycles. The van der Waals surface area contributed by atoms with Gasteiger partial charge in [-0.15, -0.1) is 11.3 Å². The zero-order valence-corrected chi connectivity index (χ0v) is 8.55. The highest BCUT2D eigenvalue weighted by Gasteiger charge is 2.06. The second-order valence-corrected chi connectivity index (χ2v) is 3.92. The molecule has 62 valence electrons. The third kappa shape index (κ3) is 0.934. The molecule has 3 heteroatoms. The van der Waals surface area contributed by atoms with E-state index in [0.29, 0.717) is 0 Å². The molecule has 2 heterocycles. The van der Waals surface area contributed by atoms with Crippen LogP contribution in [-0.2, 0) is 0 Å². The molecule has 0 aliphatic rings. The standard InChI is InChI=1S/C9H9NS2/c1-6-3-9-10(8(6)4-11)7(2)5-12-9/h3-5H,1-2H3/i4D. The summed E-state index contributed by atoms with van der Waals surface area (Å²) in [6.07, 6.45) is 0. The van der Waals surface area contributed by atoms with Crippen LogP contribution in [0.5, 0.6) is 0 Å².